The van der Waals surface area contributed by atoms with Crippen LogP contribution in [0.5, 0.6) is 0 Å². The van der Waals surface area contributed by atoms with Gasteiger partial charge in [0.2, 0.25) is 11.8 Å². The van der Waals surface area contributed by atoms with Gasteiger partial charge in [-0.05, 0) is 49.7 Å². The van der Waals surface area contributed by atoms with E-state index in [1.807, 2.05) is 6.07 Å². The summed E-state index contributed by atoms with van der Waals surface area (Å²) >= 11 is 6.04. The minimum atomic E-state index is -1.30. The largest absolute Gasteiger partial charge is 0.351 e. The second-order valence-electron chi connectivity index (χ2n) is 5.86. The predicted octanol–water partition coefficient (Wildman–Crippen LogP) is 3.76. The molecule has 0 radical (unpaired) electrons. The van der Waals surface area contributed by atoms with Gasteiger partial charge in [0, 0.05) is 17.3 Å². The molecule has 126 valence electrons. The summed E-state index contributed by atoms with van der Waals surface area (Å²) in [6.07, 6.45) is 0. The van der Waals surface area contributed by atoms with Crippen molar-refractivity contribution >= 4 is 29.1 Å². The van der Waals surface area contributed by atoms with Crippen molar-refractivity contribution in [2.75, 3.05) is 5.32 Å². The molecule has 0 atom stereocenters. The van der Waals surface area contributed by atoms with E-state index in [9.17, 15) is 14.0 Å². The predicted molar refractivity (Wildman–Crippen MR) is 92.1 cm³/mol. The monoisotopic (exact) mass is 348 g/mol. The van der Waals surface area contributed by atoms with Crippen molar-refractivity contribution in [3.8, 4) is 0 Å². The van der Waals surface area contributed by atoms with Gasteiger partial charge in [0.15, 0.2) is 0 Å². The molecule has 2 amide bonds. The lowest BCUT2D eigenvalue weighted by molar-refractivity contribution is -0.138. The Bertz CT molecular complexity index is 745. The molecule has 24 heavy (non-hydrogen) atoms. The smallest absolute Gasteiger partial charge is 0.239 e. The van der Waals surface area contributed by atoms with Gasteiger partial charge >= 0.3 is 0 Å². The number of benzene rings is 2. The molecule has 2 aromatic carbocycles. The van der Waals surface area contributed by atoms with Crippen molar-refractivity contribution in [3.63, 3.8) is 0 Å². The molecule has 0 spiro atoms. The summed E-state index contributed by atoms with van der Waals surface area (Å²) in [4.78, 5) is 24.7. The highest BCUT2D eigenvalue weighted by atomic mass is 35.5. The number of halogens is 2. The number of nitrogens with one attached hydrogen (secondary N) is 2. The van der Waals surface area contributed by atoms with Gasteiger partial charge in [-0.25, -0.2) is 4.39 Å². The summed E-state index contributed by atoms with van der Waals surface area (Å²) in [6, 6.07) is 12.5. The van der Waals surface area contributed by atoms with E-state index in [0.717, 1.165) is 5.56 Å². The van der Waals surface area contributed by atoms with Gasteiger partial charge in [-0.15, -0.1) is 0 Å². The molecule has 0 aliphatic carbocycles. The van der Waals surface area contributed by atoms with E-state index in [4.69, 9.17) is 11.6 Å². The molecule has 0 fully saturated rings. The third kappa shape index (κ3) is 4.32. The van der Waals surface area contributed by atoms with Crippen molar-refractivity contribution in [2.24, 2.45) is 5.41 Å². The SMILES string of the molecule is CC(C)(C(=O)NCc1ccccc1Cl)C(=O)Nc1ccc(F)cc1. The van der Waals surface area contributed by atoms with Crippen LogP contribution in [-0.2, 0) is 16.1 Å². The van der Waals surface area contributed by atoms with Crippen LogP contribution in [0.15, 0.2) is 48.5 Å². The first kappa shape index (κ1) is 17.9. The fourth-order valence-corrected chi connectivity index (χ4v) is 2.16. The standard InChI is InChI=1S/C18H18ClFN2O2/c1-18(2,17(24)22-14-9-7-13(20)8-10-14)16(23)21-11-12-5-3-4-6-15(12)19/h3-10H,11H2,1-2H3,(H,21,23)(H,22,24). The number of anilines is 1. The second kappa shape index (κ2) is 7.45. The van der Waals surface area contributed by atoms with Crippen molar-refractivity contribution in [1.82, 2.24) is 5.32 Å². The first-order valence-corrected chi connectivity index (χ1v) is 7.77. The third-order valence-corrected chi connectivity index (χ3v) is 4.00. The molecule has 2 rings (SSSR count). The van der Waals surface area contributed by atoms with Gasteiger partial charge in [0.25, 0.3) is 0 Å². The van der Waals surface area contributed by atoms with Crippen molar-refractivity contribution in [2.45, 2.75) is 20.4 Å². The quantitative estimate of drug-likeness (QED) is 0.808. The molecule has 4 nitrogen and oxygen atoms in total. The molecular formula is C18H18ClFN2O2. The average molecular weight is 349 g/mol. The lowest BCUT2D eigenvalue weighted by atomic mass is 9.90. The normalized spacial score (nSPS) is 11.0. The molecule has 0 heterocycles. The van der Waals surface area contributed by atoms with Gasteiger partial charge < -0.3 is 10.6 Å². The maximum atomic E-state index is 12.9. The zero-order valence-electron chi connectivity index (χ0n) is 13.4. The van der Waals surface area contributed by atoms with E-state index in [1.165, 1.54) is 38.1 Å². The number of amides is 2. The molecular weight excluding hydrogens is 331 g/mol. The number of hydrogen-bond donors (Lipinski definition) is 2. The Labute approximate surface area is 145 Å². The van der Waals surface area contributed by atoms with Crippen LogP contribution in [0.2, 0.25) is 5.02 Å². The molecule has 0 aliphatic heterocycles. The Morgan fingerprint density at radius 1 is 1.04 bits per heavy atom. The second-order valence-corrected chi connectivity index (χ2v) is 6.27. The van der Waals surface area contributed by atoms with Gasteiger partial charge in [-0.2, -0.15) is 0 Å². The van der Waals surface area contributed by atoms with Crippen LogP contribution < -0.4 is 10.6 Å². The summed E-state index contributed by atoms with van der Waals surface area (Å²) in [5.74, 6) is -1.31. The molecule has 0 saturated heterocycles. The molecule has 0 aromatic heterocycles. The summed E-state index contributed by atoms with van der Waals surface area (Å²) in [5.41, 5.74) is -0.106. The number of hydrogen-bond acceptors (Lipinski definition) is 2. The van der Waals surface area contributed by atoms with Crippen LogP contribution in [-0.4, -0.2) is 11.8 Å². The van der Waals surface area contributed by atoms with E-state index in [1.54, 1.807) is 18.2 Å². The number of carbonyl (C=O) groups excluding carboxylic acids is 2. The first-order valence-electron chi connectivity index (χ1n) is 7.39. The van der Waals surface area contributed by atoms with Crippen molar-refractivity contribution < 1.29 is 14.0 Å². The third-order valence-electron chi connectivity index (χ3n) is 3.63. The van der Waals surface area contributed by atoms with Crippen LogP contribution in [0.1, 0.15) is 19.4 Å². The molecule has 0 saturated carbocycles. The topological polar surface area (TPSA) is 58.2 Å². The molecule has 0 unspecified atom stereocenters. The Balaban J connectivity index is 1.99. The Kier molecular flexibility index (Phi) is 5.57. The van der Waals surface area contributed by atoms with Gasteiger partial charge in [0.1, 0.15) is 11.2 Å². The van der Waals surface area contributed by atoms with Gasteiger partial charge in [0.05, 0.1) is 0 Å². The number of rotatable bonds is 5. The first-order chi connectivity index (χ1) is 11.3. The highest BCUT2D eigenvalue weighted by Crippen LogP contribution is 2.20. The fourth-order valence-electron chi connectivity index (χ4n) is 1.96. The van der Waals surface area contributed by atoms with E-state index in [2.05, 4.69) is 10.6 Å². The summed E-state index contributed by atoms with van der Waals surface area (Å²) in [5, 5.41) is 5.87. The minimum absolute atomic E-state index is 0.228. The van der Waals surface area contributed by atoms with Crippen molar-refractivity contribution in [1.29, 1.82) is 0 Å². The molecule has 2 N–H and O–H groups in total. The summed E-state index contributed by atoms with van der Waals surface area (Å²) < 4.78 is 12.9. The Hall–Kier alpha value is -2.40. The minimum Gasteiger partial charge on any atom is -0.351 e. The van der Waals surface area contributed by atoms with Gasteiger partial charge in [-0.1, -0.05) is 29.8 Å². The Morgan fingerprint density at radius 2 is 1.67 bits per heavy atom. The lowest BCUT2D eigenvalue weighted by Gasteiger charge is -2.23. The fraction of sp³-hybridized carbons (Fsp3) is 0.222. The highest BCUT2D eigenvalue weighted by Gasteiger charge is 2.36. The molecule has 0 bridgehead atoms. The Morgan fingerprint density at radius 3 is 2.29 bits per heavy atom. The lowest BCUT2D eigenvalue weighted by Crippen LogP contribution is -2.44. The highest BCUT2D eigenvalue weighted by molar-refractivity contribution is 6.31. The molecule has 2 aromatic rings. The van der Waals surface area contributed by atoms with Crippen LogP contribution in [0.3, 0.4) is 0 Å². The zero-order valence-corrected chi connectivity index (χ0v) is 14.2. The van der Waals surface area contributed by atoms with Crippen LogP contribution >= 0.6 is 11.6 Å². The van der Waals surface area contributed by atoms with E-state index < -0.39 is 23.0 Å². The van der Waals surface area contributed by atoms with Crippen LogP contribution in [0, 0.1) is 11.2 Å². The van der Waals surface area contributed by atoms with E-state index in [0.29, 0.717) is 10.7 Å². The van der Waals surface area contributed by atoms with Crippen LogP contribution in [0.25, 0.3) is 0 Å². The number of carbonyl (C=O) groups is 2. The average Bonchev–Trinajstić information content (AvgIpc) is 2.55. The van der Waals surface area contributed by atoms with Crippen LogP contribution in [0.4, 0.5) is 10.1 Å². The molecule has 6 heteroatoms. The summed E-state index contributed by atoms with van der Waals surface area (Å²) in [7, 11) is 0. The zero-order chi connectivity index (χ0) is 17.7. The maximum Gasteiger partial charge on any atom is 0.239 e. The molecule has 0 aliphatic rings. The van der Waals surface area contributed by atoms with E-state index in [-0.39, 0.29) is 6.54 Å². The van der Waals surface area contributed by atoms with E-state index >= 15 is 0 Å². The maximum absolute atomic E-state index is 12.9. The van der Waals surface area contributed by atoms with Gasteiger partial charge in [-0.3, -0.25) is 9.59 Å². The summed E-state index contributed by atoms with van der Waals surface area (Å²) in [6.45, 7) is 3.27. The van der Waals surface area contributed by atoms with Crippen molar-refractivity contribution in [3.05, 3.63) is 64.9 Å².